The second-order valence-corrected chi connectivity index (χ2v) is 15.2. The molecule has 0 bridgehead atoms. The molecule has 3 heterocycles. The van der Waals surface area contributed by atoms with Crippen LogP contribution >= 0.6 is 23.1 Å². The normalized spacial score (nSPS) is 16.8. The van der Waals surface area contributed by atoms with Crippen molar-refractivity contribution in [2.45, 2.75) is 57.2 Å². The second kappa shape index (κ2) is 15.4. The van der Waals surface area contributed by atoms with Crippen LogP contribution < -0.4 is 16.0 Å². The van der Waals surface area contributed by atoms with Crippen LogP contribution in [-0.4, -0.2) is 62.4 Å². The van der Waals surface area contributed by atoms with Gasteiger partial charge in [-0.25, -0.2) is 14.6 Å². The van der Waals surface area contributed by atoms with Crippen molar-refractivity contribution in [2.24, 2.45) is 0 Å². The van der Waals surface area contributed by atoms with E-state index in [1.54, 1.807) is 51.2 Å². The quantitative estimate of drug-likeness (QED) is 0.129. The van der Waals surface area contributed by atoms with Gasteiger partial charge in [-0.2, -0.15) is 0 Å². The van der Waals surface area contributed by atoms with Gasteiger partial charge in [-0.3, -0.25) is 24.6 Å². The summed E-state index contributed by atoms with van der Waals surface area (Å²) in [7, 11) is 0. The van der Waals surface area contributed by atoms with Crippen LogP contribution in [0.15, 0.2) is 96.8 Å². The number of fused-ring (bicyclic) bond motifs is 1. The number of nitrogens with zero attached hydrogens (tertiary/aromatic N) is 2. The van der Waals surface area contributed by atoms with Gasteiger partial charge in [0.05, 0.1) is 11.3 Å². The Morgan fingerprint density at radius 1 is 0.923 bits per heavy atom. The maximum atomic E-state index is 14.3. The number of aromatic nitrogens is 1. The molecule has 6 rings (SSSR count). The van der Waals surface area contributed by atoms with E-state index >= 15 is 0 Å². The molecule has 2 aliphatic heterocycles. The van der Waals surface area contributed by atoms with Gasteiger partial charge >= 0.3 is 12.1 Å². The zero-order valence-corrected chi connectivity index (χ0v) is 30.5. The number of nitrogens with one attached hydrogen (secondary N) is 3. The maximum Gasteiger partial charge on any atom is 0.412 e. The molecule has 2 unspecified atom stereocenters. The van der Waals surface area contributed by atoms with Crippen LogP contribution in [0, 0.1) is 0 Å². The third-order valence-corrected chi connectivity index (χ3v) is 10.3. The molecule has 0 radical (unpaired) electrons. The molecule has 2 aliphatic rings. The monoisotopic (exact) mass is 739 g/mol. The zero-order valence-electron chi connectivity index (χ0n) is 28.9. The topological polar surface area (TPSA) is 156 Å². The number of esters is 1. The predicted octanol–water partition coefficient (Wildman–Crippen LogP) is 6.14. The number of rotatable bonds is 10. The number of carbonyl (C=O) groups is 5. The number of β-lactam (4-membered cyclic amide) rings is 1. The largest absolute Gasteiger partial charge is 0.448 e. The van der Waals surface area contributed by atoms with Gasteiger partial charge in [-0.15, -0.1) is 11.8 Å². The Morgan fingerprint density at radius 3 is 2.19 bits per heavy atom. The molecule has 3 aromatic carbocycles. The Balaban J connectivity index is 1.25. The van der Waals surface area contributed by atoms with Crippen molar-refractivity contribution in [1.29, 1.82) is 0 Å². The SMILES string of the molecule is CC(=O)Nc1ncc(C2=C(C(=O)OC(c3ccccc3)c3ccccc3)N3C(=O)C(NC(=O)Cc4ccccc4NC(=O)OC(C)(C)C)C3SC2)s1. The van der Waals surface area contributed by atoms with E-state index in [0.29, 0.717) is 32.6 Å². The van der Waals surface area contributed by atoms with Gasteiger partial charge in [0, 0.05) is 30.1 Å². The Hall–Kier alpha value is -5.47. The summed E-state index contributed by atoms with van der Waals surface area (Å²) in [5.41, 5.74) is 2.32. The molecule has 2 atom stereocenters. The van der Waals surface area contributed by atoms with E-state index in [4.69, 9.17) is 9.47 Å². The smallest absolute Gasteiger partial charge is 0.412 e. The lowest BCUT2D eigenvalue weighted by Crippen LogP contribution is -2.70. The van der Waals surface area contributed by atoms with Gasteiger partial charge in [-0.1, -0.05) is 90.2 Å². The zero-order chi connectivity index (χ0) is 37.0. The van der Waals surface area contributed by atoms with Crippen molar-refractivity contribution in [2.75, 3.05) is 16.4 Å². The summed E-state index contributed by atoms with van der Waals surface area (Å²) in [6.07, 6.45) is 0.00980. The molecule has 0 spiro atoms. The highest BCUT2D eigenvalue weighted by Crippen LogP contribution is 2.45. The summed E-state index contributed by atoms with van der Waals surface area (Å²) in [6, 6.07) is 24.6. The average molecular weight is 740 g/mol. The van der Waals surface area contributed by atoms with Crippen molar-refractivity contribution >= 4 is 69.3 Å². The summed E-state index contributed by atoms with van der Waals surface area (Å²) >= 11 is 2.57. The minimum absolute atomic E-state index is 0.0565. The van der Waals surface area contributed by atoms with Crippen LogP contribution in [0.4, 0.5) is 15.6 Å². The van der Waals surface area contributed by atoms with E-state index in [1.165, 1.54) is 34.9 Å². The lowest BCUT2D eigenvalue weighted by atomic mass is 10.00. The fourth-order valence-corrected chi connectivity index (χ4v) is 8.14. The first-order valence-electron chi connectivity index (χ1n) is 16.5. The van der Waals surface area contributed by atoms with Gasteiger partial charge in [-0.05, 0) is 43.5 Å². The summed E-state index contributed by atoms with van der Waals surface area (Å²) in [6.45, 7) is 6.63. The number of para-hydroxylation sites is 1. The first kappa shape index (κ1) is 36.3. The number of thiazole rings is 1. The molecule has 52 heavy (non-hydrogen) atoms. The van der Waals surface area contributed by atoms with Crippen molar-refractivity contribution in [3.63, 3.8) is 0 Å². The summed E-state index contributed by atoms with van der Waals surface area (Å²) in [5, 5.41) is 7.95. The maximum absolute atomic E-state index is 14.3. The van der Waals surface area contributed by atoms with Gasteiger partial charge < -0.3 is 20.1 Å². The number of carbonyl (C=O) groups excluding carboxylic acids is 5. The Kier molecular flexibility index (Phi) is 10.8. The average Bonchev–Trinajstić information content (AvgIpc) is 3.57. The molecule has 4 amide bonds. The lowest BCUT2D eigenvalue weighted by Gasteiger charge is -2.49. The highest BCUT2D eigenvalue weighted by molar-refractivity contribution is 8.00. The molecule has 12 nitrogen and oxygen atoms in total. The van der Waals surface area contributed by atoms with Gasteiger partial charge in [0.25, 0.3) is 5.91 Å². The molecule has 1 saturated heterocycles. The predicted molar refractivity (Wildman–Crippen MR) is 199 cm³/mol. The summed E-state index contributed by atoms with van der Waals surface area (Å²) < 4.78 is 11.6. The molecular weight excluding hydrogens is 703 g/mol. The van der Waals surface area contributed by atoms with Gasteiger partial charge in [0.2, 0.25) is 11.8 Å². The Morgan fingerprint density at radius 2 is 1.56 bits per heavy atom. The number of hydrogen-bond donors (Lipinski definition) is 3. The van der Waals surface area contributed by atoms with Crippen LogP contribution in [-0.2, 0) is 35.1 Å². The molecule has 3 N–H and O–H groups in total. The van der Waals surface area contributed by atoms with Crippen LogP contribution in [0.2, 0.25) is 0 Å². The summed E-state index contributed by atoms with van der Waals surface area (Å²) in [5.74, 6) is -1.62. The molecule has 268 valence electrons. The third-order valence-electron chi connectivity index (χ3n) is 8.00. The highest BCUT2D eigenvalue weighted by Gasteiger charge is 2.55. The number of ether oxygens (including phenoxy) is 2. The van der Waals surface area contributed by atoms with Crippen molar-refractivity contribution < 1.29 is 33.4 Å². The molecule has 0 saturated carbocycles. The Labute approximate surface area is 309 Å². The van der Waals surface area contributed by atoms with Gasteiger partial charge in [0.1, 0.15) is 22.7 Å². The minimum atomic E-state index is -0.914. The molecule has 1 aromatic heterocycles. The number of thioether (sulfide) groups is 1. The van der Waals surface area contributed by atoms with E-state index in [9.17, 15) is 24.0 Å². The van der Waals surface area contributed by atoms with Crippen molar-refractivity contribution in [3.05, 3.63) is 118 Å². The second-order valence-electron chi connectivity index (χ2n) is 13.1. The van der Waals surface area contributed by atoms with Crippen molar-refractivity contribution in [1.82, 2.24) is 15.2 Å². The molecule has 4 aromatic rings. The molecule has 0 aliphatic carbocycles. The van der Waals surface area contributed by atoms with E-state index in [2.05, 4.69) is 20.9 Å². The summed E-state index contributed by atoms with van der Waals surface area (Å²) in [4.78, 5) is 72.0. The van der Waals surface area contributed by atoms with E-state index in [-0.39, 0.29) is 18.0 Å². The number of benzene rings is 3. The number of hydrogen-bond acceptors (Lipinski definition) is 10. The highest BCUT2D eigenvalue weighted by atomic mass is 32.2. The third kappa shape index (κ3) is 8.35. The van der Waals surface area contributed by atoms with Crippen LogP contribution in [0.25, 0.3) is 5.57 Å². The fourth-order valence-electron chi connectivity index (χ4n) is 5.77. The van der Waals surface area contributed by atoms with E-state index in [0.717, 1.165) is 11.1 Å². The standard InChI is InChI=1S/C38H37N5O7S2/c1-22(44)40-36-39-20-28(52-36)26-21-51-34-30(42-29(45)19-25-17-11-12-18-27(25)41-37(48)50-38(2,3)4)33(46)43(34)31(26)35(47)49-32(23-13-7-5-8-14-23)24-15-9-6-10-16-24/h5-18,20,30,32,34H,19,21H2,1-4H3,(H,41,48)(H,42,45)(H,39,40,44). The minimum Gasteiger partial charge on any atom is -0.448 e. The first-order chi connectivity index (χ1) is 24.9. The Bertz CT molecular complexity index is 1990. The molecular formula is C38H37N5O7S2. The van der Waals surface area contributed by atoms with Crippen molar-refractivity contribution in [3.8, 4) is 0 Å². The van der Waals surface area contributed by atoms with Gasteiger partial charge in [0.15, 0.2) is 11.2 Å². The number of anilines is 2. The fraction of sp³-hybridized carbons (Fsp3) is 0.263. The van der Waals surface area contributed by atoms with E-state index < -0.39 is 47.0 Å². The lowest BCUT2D eigenvalue weighted by molar-refractivity contribution is -0.154. The molecule has 1 fully saturated rings. The van der Waals surface area contributed by atoms with Crippen LogP contribution in [0.5, 0.6) is 0 Å². The number of amides is 4. The van der Waals surface area contributed by atoms with E-state index in [1.807, 2.05) is 60.7 Å². The van der Waals surface area contributed by atoms with Crippen LogP contribution in [0.3, 0.4) is 0 Å². The first-order valence-corrected chi connectivity index (χ1v) is 18.3. The molecule has 14 heteroatoms. The van der Waals surface area contributed by atoms with Crippen LogP contribution in [0.1, 0.15) is 55.4 Å².